The largest absolute Gasteiger partial charge is 0.544 e. The lowest BCUT2D eigenvalue weighted by Crippen LogP contribution is -2.55. The third kappa shape index (κ3) is 8.15. The fourth-order valence-electron chi connectivity index (χ4n) is 4.89. The van der Waals surface area contributed by atoms with Crippen LogP contribution in [-0.2, 0) is 14.8 Å². The van der Waals surface area contributed by atoms with E-state index in [0.29, 0.717) is 24.0 Å². The van der Waals surface area contributed by atoms with Crippen LogP contribution in [0.5, 0.6) is 5.75 Å². The van der Waals surface area contributed by atoms with E-state index in [1.807, 2.05) is 36.4 Å². The quantitative estimate of drug-likeness (QED) is 0.154. The number of carbonyl (C=O) groups is 1. The molecule has 0 aromatic heterocycles. The van der Waals surface area contributed by atoms with Crippen molar-refractivity contribution < 1.29 is 27.1 Å². The minimum Gasteiger partial charge on any atom is -0.544 e. The zero-order valence-corrected chi connectivity index (χ0v) is 27.9. The van der Waals surface area contributed by atoms with Gasteiger partial charge in [-0.25, -0.2) is 17.5 Å². The minimum atomic E-state index is -3.32. The van der Waals surface area contributed by atoms with Crippen LogP contribution in [0.15, 0.2) is 72.8 Å². The van der Waals surface area contributed by atoms with Crippen molar-refractivity contribution in [1.29, 1.82) is 0 Å². The summed E-state index contributed by atoms with van der Waals surface area (Å²) in [6.45, 7) is 11.0. The molecule has 0 saturated carbocycles. The summed E-state index contributed by atoms with van der Waals surface area (Å²) in [5.41, 5.74) is 2.99. The molecule has 2 N–H and O–H groups in total. The summed E-state index contributed by atoms with van der Waals surface area (Å²) in [6.07, 6.45) is 1.08. The van der Waals surface area contributed by atoms with Crippen molar-refractivity contribution in [2.24, 2.45) is 5.92 Å². The predicted molar refractivity (Wildman–Crippen MR) is 175 cm³/mol. The summed E-state index contributed by atoms with van der Waals surface area (Å²) >= 11 is 0. The van der Waals surface area contributed by atoms with Crippen LogP contribution in [0.4, 0.5) is 10.1 Å². The van der Waals surface area contributed by atoms with E-state index in [4.69, 9.17) is 4.43 Å². The maximum atomic E-state index is 13.6. The van der Waals surface area contributed by atoms with E-state index in [2.05, 4.69) is 50.4 Å². The van der Waals surface area contributed by atoms with Crippen LogP contribution < -0.4 is 14.0 Å². The number of β-lactam (4-membered cyclic amide) rings is 1. The second-order valence-corrected chi connectivity index (χ2v) is 19.3. The number of sulfonamides is 1. The molecular formula is C34H41FN2O5SSi. The fourth-order valence-corrected chi connectivity index (χ4v) is 6.25. The number of benzene rings is 3. The first-order valence-electron chi connectivity index (χ1n) is 14.6. The Bertz CT molecular complexity index is 1620. The molecule has 1 aliphatic rings. The van der Waals surface area contributed by atoms with Gasteiger partial charge in [0.25, 0.3) is 0 Å². The Labute approximate surface area is 261 Å². The van der Waals surface area contributed by atoms with Gasteiger partial charge in [0, 0.05) is 11.3 Å². The summed E-state index contributed by atoms with van der Waals surface area (Å²) in [5.74, 6) is 5.76. The molecule has 3 aromatic carbocycles. The molecule has 0 spiro atoms. The minimum absolute atomic E-state index is 0.00779. The van der Waals surface area contributed by atoms with Crippen molar-refractivity contribution in [3.05, 3.63) is 95.3 Å². The molecule has 44 heavy (non-hydrogen) atoms. The second kappa shape index (κ2) is 13.2. The van der Waals surface area contributed by atoms with E-state index in [1.54, 1.807) is 29.2 Å². The first-order valence-corrected chi connectivity index (χ1v) is 19.4. The first-order chi connectivity index (χ1) is 20.6. The number of carbonyl (C=O) groups excluding carboxylic acids is 1. The van der Waals surface area contributed by atoms with E-state index in [-0.39, 0.29) is 35.3 Å². The van der Waals surface area contributed by atoms with E-state index in [1.165, 1.54) is 12.1 Å². The van der Waals surface area contributed by atoms with Crippen LogP contribution in [0.25, 0.3) is 0 Å². The van der Waals surface area contributed by atoms with Gasteiger partial charge in [0.2, 0.25) is 24.2 Å². The van der Waals surface area contributed by atoms with Gasteiger partial charge in [-0.2, -0.15) is 0 Å². The van der Waals surface area contributed by atoms with Gasteiger partial charge in [-0.1, -0.05) is 56.9 Å². The van der Waals surface area contributed by atoms with Crippen molar-refractivity contribution in [3.63, 3.8) is 0 Å². The Balaban J connectivity index is 1.55. The molecule has 234 valence electrons. The number of amides is 1. The van der Waals surface area contributed by atoms with E-state index in [9.17, 15) is 22.7 Å². The molecule has 1 unspecified atom stereocenters. The number of aliphatic hydroxyl groups is 1. The molecule has 0 aliphatic carbocycles. The number of halogens is 1. The average Bonchev–Trinajstić information content (AvgIpc) is 2.94. The molecular weight excluding hydrogens is 596 g/mol. The third-order valence-corrected chi connectivity index (χ3v) is 13.4. The highest BCUT2D eigenvalue weighted by molar-refractivity contribution is 7.88. The Morgan fingerprint density at radius 1 is 1.02 bits per heavy atom. The number of anilines is 1. The molecule has 10 heteroatoms. The van der Waals surface area contributed by atoms with E-state index in [0.717, 1.165) is 23.3 Å². The van der Waals surface area contributed by atoms with Crippen LogP contribution in [-0.4, -0.2) is 40.5 Å². The van der Waals surface area contributed by atoms with Crippen molar-refractivity contribution >= 4 is 29.9 Å². The van der Waals surface area contributed by atoms with Gasteiger partial charge >= 0.3 is 0 Å². The lowest BCUT2D eigenvalue weighted by Gasteiger charge is -2.48. The molecule has 0 radical (unpaired) electrons. The summed E-state index contributed by atoms with van der Waals surface area (Å²) in [6, 6.07) is 20.7. The highest BCUT2D eigenvalue weighted by Gasteiger charge is 2.48. The molecule has 1 aliphatic heterocycles. The van der Waals surface area contributed by atoms with Crippen LogP contribution >= 0.6 is 0 Å². The summed E-state index contributed by atoms with van der Waals surface area (Å²) < 4.78 is 44.7. The summed E-state index contributed by atoms with van der Waals surface area (Å²) in [5, 5.41) is 10.8. The summed E-state index contributed by atoms with van der Waals surface area (Å²) in [7, 11) is -5.34. The maximum absolute atomic E-state index is 13.6. The van der Waals surface area contributed by atoms with Gasteiger partial charge in [-0.3, -0.25) is 4.79 Å². The number of nitrogens with one attached hydrogen (secondary N) is 1. The predicted octanol–water partition coefficient (Wildman–Crippen LogP) is 6.33. The topological polar surface area (TPSA) is 95.9 Å². The Hall–Kier alpha value is -3.49. The molecule has 1 heterocycles. The standard InChI is InChI=1S/C34H41FN2O5SSi/c1-34(2,3)44(5,6)42-29-19-13-26(14-20-29)32-30(21-22-31(38)25-11-15-27(35)16-12-25)33(39)37(32)28-17-9-24(10-18-28)8-7-23-36-43(4,40)41/h9-20,30-32,36,38H,21-23H2,1-6H3/t30?,31-,32+/m0/s1. The van der Waals surface area contributed by atoms with E-state index >= 15 is 0 Å². The molecule has 0 bridgehead atoms. The number of aliphatic hydroxyl groups excluding tert-OH is 1. The number of nitrogens with zero attached hydrogens (tertiary/aromatic N) is 1. The van der Waals surface area contributed by atoms with E-state index < -0.39 is 24.4 Å². The molecule has 3 atom stereocenters. The maximum Gasteiger partial charge on any atom is 0.250 e. The average molecular weight is 637 g/mol. The van der Waals surface area contributed by atoms with Crippen molar-refractivity contribution in [3.8, 4) is 17.6 Å². The van der Waals surface area contributed by atoms with Gasteiger partial charge < -0.3 is 14.4 Å². The zero-order chi connectivity index (χ0) is 32.3. The van der Waals surface area contributed by atoms with Crippen LogP contribution in [0.3, 0.4) is 0 Å². The Morgan fingerprint density at radius 2 is 1.64 bits per heavy atom. The SMILES string of the molecule is CC(C)(C)[Si](C)(C)Oc1ccc([C@@H]2C(CC[C@H](O)c3ccc(F)cc3)C(=O)N2c2ccc(C#CCNS(C)(=O)=O)cc2)cc1. The molecule has 1 amide bonds. The number of hydrogen-bond donors (Lipinski definition) is 2. The Morgan fingerprint density at radius 3 is 2.20 bits per heavy atom. The van der Waals surface area contributed by atoms with Gasteiger partial charge in [-0.05, 0) is 90.6 Å². The molecule has 1 fully saturated rings. The van der Waals surface area contributed by atoms with Gasteiger partial charge in [0.15, 0.2) is 0 Å². The van der Waals surface area contributed by atoms with Crippen molar-refractivity contribution in [1.82, 2.24) is 4.72 Å². The molecule has 7 nitrogen and oxygen atoms in total. The Kier molecular flexibility index (Phi) is 10.1. The number of hydrogen-bond acceptors (Lipinski definition) is 5. The lowest BCUT2D eigenvalue weighted by atomic mass is 9.78. The van der Waals surface area contributed by atoms with Crippen LogP contribution in [0.1, 0.15) is 62.4 Å². The second-order valence-electron chi connectivity index (χ2n) is 12.8. The first kappa shape index (κ1) is 33.4. The summed E-state index contributed by atoms with van der Waals surface area (Å²) in [4.78, 5) is 15.3. The molecule has 1 saturated heterocycles. The van der Waals surface area contributed by atoms with Crippen LogP contribution in [0, 0.1) is 23.6 Å². The third-order valence-electron chi connectivity index (χ3n) is 8.42. The highest BCUT2D eigenvalue weighted by atomic mass is 32.2. The fraction of sp³-hybridized carbons (Fsp3) is 0.382. The highest BCUT2D eigenvalue weighted by Crippen LogP contribution is 2.47. The van der Waals surface area contributed by atoms with Crippen molar-refractivity contribution in [2.75, 3.05) is 17.7 Å². The van der Waals surface area contributed by atoms with Crippen LogP contribution in [0.2, 0.25) is 18.1 Å². The molecule has 4 rings (SSSR count). The smallest absolute Gasteiger partial charge is 0.250 e. The normalized spacial score (nSPS) is 17.8. The van der Waals surface area contributed by atoms with Crippen molar-refractivity contribution in [2.45, 2.75) is 63.9 Å². The monoisotopic (exact) mass is 636 g/mol. The zero-order valence-electron chi connectivity index (χ0n) is 26.1. The van der Waals surface area contributed by atoms with Gasteiger partial charge in [0.1, 0.15) is 11.6 Å². The molecule has 3 aromatic rings. The lowest BCUT2D eigenvalue weighted by molar-refractivity contribution is -0.131. The van der Waals surface area contributed by atoms with Gasteiger partial charge in [0.05, 0.1) is 30.9 Å². The number of rotatable bonds is 10. The van der Waals surface area contributed by atoms with Gasteiger partial charge in [-0.15, -0.1) is 0 Å².